The zero-order chi connectivity index (χ0) is 20.2. The van der Waals surface area contributed by atoms with Crippen molar-refractivity contribution in [2.45, 2.75) is 98.3 Å². The smallest absolute Gasteiger partial charge is 0.133 e. The Morgan fingerprint density at radius 3 is 2.32 bits per heavy atom. The highest BCUT2D eigenvalue weighted by Crippen LogP contribution is 2.69. The van der Waals surface area contributed by atoms with Crippen molar-refractivity contribution < 1.29 is 9.53 Å². The number of rotatable bonds is 3. The molecule has 0 radical (unpaired) electrons. The predicted molar refractivity (Wildman–Crippen MR) is 115 cm³/mol. The van der Waals surface area contributed by atoms with Crippen LogP contribution in [0, 0.1) is 45.8 Å². The van der Waals surface area contributed by atoms with Gasteiger partial charge in [-0.3, -0.25) is 4.79 Å². The molecule has 0 aromatic rings. The summed E-state index contributed by atoms with van der Waals surface area (Å²) in [6.45, 7) is 10.6. The number of carbonyl (C=O) groups excluding carboxylic acids is 1. The summed E-state index contributed by atoms with van der Waals surface area (Å²) in [5.41, 5.74) is 1.25. The number of methoxy groups -OCH3 is 1. The van der Waals surface area contributed by atoms with E-state index in [-0.39, 0.29) is 5.41 Å². The van der Waals surface area contributed by atoms with Gasteiger partial charge in [-0.25, -0.2) is 0 Å². The van der Waals surface area contributed by atoms with Gasteiger partial charge < -0.3 is 4.74 Å². The second-order valence-corrected chi connectivity index (χ2v) is 11.9. The highest BCUT2D eigenvalue weighted by molar-refractivity contribution is 5.79. The van der Waals surface area contributed by atoms with Gasteiger partial charge in [0.2, 0.25) is 0 Å². The molecule has 0 aliphatic heterocycles. The fourth-order valence-electron chi connectivity index (χ4n) is 9.03. The van der Waals surface area contributed by atoms with Gasteiger partial charge in [0.05, 0.1) is 0 Å². The van der Waals surface area contributed by atoms with E-state index in [1.165, 1.54) is 64.2 Å². The molecule has 4 rings (SSSR count). The minimum atomic E-state index is 0.276. The SMILES string of the molecule is COC[C@@H]1CC[C@@]2(C)CC[C@H]3C4CCC[C@H](C(C)=O)[C@@]4(C)CCC3[C@@]2(C)CC1. The monoisotopic (exact) mass is 388 g/mol. The van der Waals surface area contributed by atoms with Crippen molar-refractivity contribution in [1.29, 1.82) is 0 Å². The summed E-state index contributed by atoms with van der Waals surface area (Å²) in [5.74, 6) is 4.07. The van der Waals surface area contributed by atoms with Crippen molar-refractivity contribution in [3.63, 3.8) is 0 Å². The van der Waals surface area contributed by atoms with Gasteiger partial charge in [-0.1, -0.05) is 27.2 Å². The maximum absolute atomic E-state index is 12.5. The number of fused-ring (bicyclic) bond motifs is 5. The first kappa shape index (κ1) is 20.9. The van der Waals surface area contributed by atoms with Crippen LogP contribution in [0.3, 0.4) is 0 Å². The quantitative estimate of drug-likeness (QED) is 0.540. The van der Waals surface area contributed by atoms with Crippen molar-refractivity contribution in [1.82, 2.24) is 0 Å². The van der Waals surface area contributed by atoms with Gasteiger partial charge in [-0.05, 0) is 111 Å². The third-order valence-corrected chi connectivity index (χ3v) is 11.0. The van der Waals surface area contributed by atoms with Crippen molar-refractivity contribution in [3.05, 3.63) is 0 Å². The summed E-state index contributed by atoms with van der Waals surface area (Å²) in [5, 5.41) is 0. The molecule has 0 heterocycles. The van der Waals surface area contributed by atoms with E-state index in [1.807, 2.05) is 14.0 Å². The lowest BCUT2D eigenvalue weighted by molar-refractivity contribution is -0.165. The molecule has 0 saturated heterocycles. The molecular weight excluding hydrogens is 344 g/mol. The Labute approximate surface area is 173 Å². The van der Waals surface area contributed by atoms with Crippen LogP contribution in [0.4, 0.5) is 0 Å². The summed E-state index contributed by atoms with van der Waals surface area (Å²) >= 11 is 0. The van der Waals surface area contributed by atoms with Gasteiger partial charge in [0.1, 0.15) is 5.78 Å². The van der Waals surface area contributed by atoms with Gasteiger partial charge in [0.15, 0.2) is 0 Å². The Morgan fingerprint density at radius 2 is 1.61 bits per heavy atom. The van der Waals surface area contributed by atoms with Crippen molar-refractivity contribution in [3.8, 4) is 0 Å². The molecular formula is C26H44O2. The standard InChI is InChI=1S/C26H44O2/c1-18(27)21-7-6-8-22-20-11-14-24(2)13-9-19(17-28-5)10-16-26(24,4)23(20)12-15-25(21,22)3/h19-23H,6-17H2,1-5H3/t19-,20+,21-,22?,23?,24+,25-,26-/m1/s1. The molecule has 2 nitrogen and oxygen atoms in total. The van der Waals surface area contributed by atoms with Gasteiger partial charge >= 0.3 is 0 Å². The summed E-state index contributed by atoms with van der Waals surface area (Å²) in [6.07, 6.45) is 14.7. The summed E-state index contributed by atoms with van der Waals surface area (Å²) in [6, 6.07) is 0. The third-order valence-electron chi connectivity index (χ3n) is 11.0. The molecule has 4 fully saturated rings. The van der Waals surface area contributed by atoms with Crippen molar-refractivity contribution in [2.24, 2.45) is 45.8 Å². The van der Waals surface area contributed by atoms with Gasteiger partial charge in [0.25, 0.3) is 0 Å². The molecule has 0 bridgehead atoms. The summed E-state index contributed by atoms with van der Waals surface area (Å²) in [4.78, 5) is 12.5. The molecule has 4 aliphatic rings. The van der Waals surface area contributed by atoms with E-state index in [9.17, 15) is 4.79 Å². The van der Waals surface area contributed by atoms with E-state index < -0.39 is 0 Å². The number of hydrogen-bond acceptors (Lipinski definition) is 2. The second kappa shape index (κ2) is 7.40. The molecule has 0 amide bonds. The average Bonchev–Trinajstić information content (AvgIpc) is 2.78. The average molecular weight is 389 g/mol. The van der Waals surface area contributed by atoms with Gasteiger partial charge in [-0.15, -0.1) is 0 Å². The maximum atomic E-state index is 12.5. The topological polar surface area (TPSA) is 26.3 Å². The molecule has 2 unspecified atom stereocenters. The third kappa shape index (κ3) is 3.03. The van der Waals surface area contributed by atoms with Crippen LogP contribution in [-0.2, 0) is 9.53 Å². The largest absolute Gasteiger partial charge is 0.384 e. The molecule has 0 N–H and O–H groups in total. The lowest BCUT2D eigenvalue weighted by atomic mass is 9.40. The first-order chi connectivity index (χ1) is 13.2. The van der Waals surface area contributed by atoms with Crippen LogP contribution in [-0.4, -0.2) is 19.5 Å². The molecule has 0 aromatic carbocycles. The minimum absolute atomic E-state index is 0.276. The molecule has 160 valence electrons. The predicted octanol–water partition coefficient (Wildman–Crippen LogP) is 6.67. The Morgan fingerprint density at radius 1 is 0.893 bits per heavy atom. The first-order valence-corrected chi connectivity index (χ1v) is 12.2. The fourth-order valence-corrected chi connectivity index (χ4v) is 9.03. The van der Waals surface area contributed by atoms with Crippen LogP contribution in [0.1, 0.15) is 98.3 Å². The first-order valence-electron chi connectivity index (χ1n) is 12.2. The van der Waals surface area contributed by atoms with Gasteiger partial charge in [0, 0.05) is 19.6 Å². The van der Waals surface area contributed by atoms with Crippen LogP contribution in [0.25, 0.3) is 0 Å². The zero-order valence-corrected chi connectivity index (χ0v) is 19.2. The summed E-state index contributed by atoms with van der Waals surface area (Å²) in [7, 11) is 1.87. The van der Waals surface area contributed by atoms with Crippen LogP contribution < -0.4 is 0 Å². The lowest BCUT2D eigenvalue weighted by Gasteiger charge is -2.65. The number of ether oxygens (including phenoxy) is 1. The van der Waals surface area contributed by atoms with E-state index in [1.54, 1.807) is 0 Å². The molecule has 8 atom stereocenters. The highest BCUT2D eigenvalue weighted by Gasteiger charge is 2.61. The molecule has 28 heavy (non-hydrogen) atoms. The number of carbonyl (C=O) groups is 1. The van der Waals surface area contributed by atoms with E-state index >= 15 is 0 Å². The zero-order valence-electron chi connectivity index (χ0n) is 19.2. The van der Waals surface area contributed by atoms with Crippen LogP contribution in [0.5, 0.6) is 0 Å². The van der Waals surface area contributed by atoms with Crippen LogP contribution >= 0.6 is 0 Å². The van der Waals surface area contributed by atoms with E-state index in [0.717, 1.165) is 36.7 Å². The highest BCUT2D eigenvalue weighted by atomic mass is 16.5. The Bertz CT molecular complexity index is 599. The van der Waals surface area contributed by atoms with Crippen molar-refractivity contribution in [2.75, 3.05) is 13.7 Å². The second-order valence-electron chi connectivity index (χ2n) is 11.9. The summed E-state index contributed by atoms with van der Waals surface area (Å²) < 4.78 is 5.55. The molecule has 4 saturated carbocycles. The number of hydrogen-bond donors (Lipinski definition) is 0. The number of Topliss-reactive ketones (excluding diaryl/α,β-unsaturated/α-hetero) is 1. The molecule has 2 heteroatoms. The molecule has 4 aliphatic carbocycles. The molecule has 0 spiro atoms. The number of ketones is 1. The van der Waals surface area contributed by atoms with E-state index in [4.69, 9.17) is 4.74 Å². The maximum Gasteiger partial charge on any atom is 0.133 e. The normalized spacial score (nSPS) is 51.4. The van der Waals surface area contributed by atoms with Crippen LogP contribution in [0.2, 0.25) is 0 Å². The Balaban J connectivity index is 1.62. The minimum Gasteiger partial charge on any atom is -0.384 e. The Kier molecular flexibility index (Phi) is 5.52. The fraction of sp³-hybridized carbons (Fsp3) is 0.962. The van der Waals surface area contributed by atoms with E-state index in [0.29, 0.717) is 22.5 Å². The van der Waals surface area contributed by atoms with Crippen LogP contribution in [0.15, 0.2) is 0 Å². The van der Waals surface area contributed by atoms with E-state index in [2.05, 4.69) is 20.8 Å². The Hall–Kier alpha value is -0.370. The molecule has 0 aromatic heterocycles. The van der Waals surface area contributed by atoms with Gasteiger partial charge in [-0.2, -0.15) is 0 Å². The lowest BCUT2D eigenvalue weighted by Crippen LogP contribution is -2.58. The van der Waals surface area contributed by atoms with Crippen molar-refractivity contribution >= 4 is 5.78 Å².